The average Bonchev–Trinajstić information content (AvgIpc) is 2.65. The quantitative estimate of drug-likeness (QED) is 0.183. The molecule has 2 N–H and O–H groups in total. The topological polar surface area (TPSA) is 33.3 Å². The smallest absolute Gasteiger partial charge is 0.175 e. The molecule has 0 aromatic heterocycles. The molecule has 3 nitrogen and oxygen atoms in total. The first-order valence-electron chi connectivity index (χ1n) is 13.2. The van der Waals surface area contributed by atoms with Crippen molar-refractivity contribution in [2.24, 2.45) is 0 Å². The van der Waals surface area contributed by atoms with Crippen molar-refractivity contribution in [3.63, 3.8) is 0 Å². The third-order valence-corrected chi connectivity index (χ3v) is 46.3. The molecule has 2 atom stereocenters. The molecule has 0 amide bonds. The fourth-order valence-corrected chi connectivity index (χ4v) is 35.0. The lowest BCUT2D eigenvalue weighted by Crippen LogP contribution is -2.85. The molecule has 1 aliphatic rings. The van der Waals surface area contributed by atoms with Crippen molar-refractivity contribution in [1.82, 2.24) is 10.3 Å². The van der Waals surface area contributed by atoms with Gasteiger partial charge in [-0.2, -0.15) is 0 Å². The van der Waals surface area contributed by atoms with Crippen LogP contribution in [0.15, 0.2) is 0 Å². The molecule has 0 radical (unpaired) electrons. The predicted octanol–water partition coefficient (Wildman–Crippen LogP) is 7.28. The Morgan fingerprint density at radius 1 is 0.700 bits per heavy atom. The molecule has 0 bridgehead atoms. The maximum absolute atomic E-state index is 6.97. The Morgan fingerprint density at radius 3 is 1.70 bits per heavy atom. The Kier molecular flexibility index (Phi) is 12.7. The summed E-state index contributed by atoms with van der Waals surface area (Å²) in [6, 6.07) is 1.24. The molecular formula is C24H56N2OSi3. The lowest BCUT2D eigenvalue weighted by atomic mass is 10.1. The van der Waals surface area contributed by atoms with Crippen molar-refractivity contribution in [2.75, 3.05) is 13.1 Å². The van der Waals surface area contributed by atoms with E-state index in [9.17, 15) is 0 Å². The largest absolute Gasteiger partial charge is 0.403 e. The van der Waals surface area contributed by atoms with Gasteiger partial charge in [-0.05, 0) is 52.0 Å². The average molecular weight is 473 g/mol. The van der Waals surface area contributed by atoms with Crippen LogP contribution in [0.25, 0.3) is 0 Å². The third kappa shape index (κ3) is 8.47. The highest BCUT2D eigenvalue weighted by atomic mass is 29.6. The first kappa shape index (κ1) is 28.6. The van der Waals surface area contributed by atoms with Gasteiger partial charge in [0.05, 0.1) is 7.11 Å². The zero-order chi connectivity index (χ0) is 22.7. The molecule has 6 heteroatoms. The van der Waals surface area contributed by atoms with Crippen molar-refractivity contribution in [1.29, 1.82) is 0 Å². The summed E-state index contributed by atoms with van der Waals surface area (Å²) < 4.78 is 6.97. The van der Waals surface area contributed by atoms with E-state index in [1.807, 2.05) is 0 Å². The van der Waals surface area contributed by atoms with E-state index in [-0.39, 0.29) is 5.72 Å². The van der Waals surface area contributed by atoms with Gasteiger partial charge in [0.25, 0.3) is 0 Å². The van der Waals surface area contributed by atoms with Crippen LogP contribution < -0.4 is 10.3 Å². The van der Waals surface area contributed by atoms with Gasteiger partial charge in [-0.3, -0.25) is 5.32 Å². The molecule has 1 rings (SSSR count). The Balaban J connectivity index is 2.59. The lowest BCUT2D eigenvalue weighted by Gasteiger charge is -2.59. The van der Waals surface area contributed by atoms with E-state index in [2.05, 4.69) is 63.8 Å². The zero-order valence-corrected chi connectivity index (χ0v) is 25.0. The summed E-state index contributed by atoms with van der Waals surface area (Å²) in [5.41, 5.74) is -0.114. The normalized spacial score (nSPS) is 28.0. The van der Waals surface area contributed by atoms with Crippen LogP contribution in [0.2, 0.25) is 38.8 Å². The Morgan fingerprint density at radius 2 is 1.17 bits per heavy atom. The van der Waals surface area contributed by atoms with Gasteiger partial charge in [0, 0.05) is 0 Å². The zero-order valence-electron chi connectivity index (χ0n) is 22.0. The molecule has 2 unspecified atom stereocenters. The van der Waals surface area contributed by atoms with Gasteiger partial charge in [0.2, 0.25) is 0 Å². The summed E-state index contributed by atoms with van der Waals surface area (Å²) in [7, 11) is -4.63. The summed E-state index contributed by atoms with van der Waals surface area (Å²) in [6.07, 6.45) is 16.5. The van der Waals surface area contributed by atoms with Crippen molar-refractivity contribution in [3.05, 3.63) is 0 Å². The van der Waals surface area contributed by atoms with E-state index >= 15 is 0 Å². The number of rotatable bonds is 16. The van der Waals surface area contributed by atoms with Crippen LogP contribution in [0.3, 0.4) is 0 Å². The second-order valence-electron chi connectivity index (χ2n) is 11.4. The fraction of sp³-hybridized carbons (Fsp3) is 1.00. The van der Waals surface area contributed by atoms with Gasteiger partial charge in [-0.1, -0.05) is 97.7 Å². The maximum atomic E-state index is 6.97. The van der Waals surface area contributed by atoms with E-state index in [0.717, 1.165) is 6.54 Å². The molecule has 0 aromatic carbocycles. The fourth-order valence-electron chi connectivity index (χ4n) is 5.20. The number of hydrogen-bond donors (Lipinski definition) is 2. The Bertz CT molecular complexity index is 475. The Labute approximate surface area is 192 Å². The van der Waals surface area contributed by atoms with Gasteiger partial charge < -0.3 is 9.41 Å². The van der Waals surface area contributed by atoms with Gasteiger partial charge >= 0.3 is 0 Å². The number of unbranched alkanes of at least 4 members (excludes halogenated alkanes) is 10. The van der Waals surface area contributed by atoms with Crippen molar-refractivity contribution in [3.8, 4) is 0 Å². The maximum Gasteiger partial charge on any atom is 0.175 e. The molecular weight excluding hydrogens is 417 g/mol. The number of hydrogen-bond acceptors (Lipinski definition) is 3. The molecule has 0 aromatic rings. The third-order valence-electron chi connectivity index (χ3n) is 8.13. The molecule has 0 spiro atoms. The lowest BCUT2D eigenvalue weighted by molar-refractivity contribution is 0.0622. The monoisotopic (exact) mass is 472 g/mol. The second kappa shape index (κ2) is 13.3. The molecule has 1 saturated heterocycles. The van der Waals surface area contributed by atoms with Gasteiger partial charge in [0.1, 0.15) is 13.5 Å². The van der Waals surface area contributed by atoms with Crippen LogP contribution in [0.4, 0.5) is 0 Å². The minimum Gasteiger partial charge on any atom is -0.403 e. The van der Waals surface area contributed by atoms with Crippen LogP contribution in [0.5, 0.6) is 0 Å². The first-order chi connectivity index (χ1) is 14.0. The van der Waals surface area contributed by atoms with Crippen molar-refractivity contribution in [2.45, 2.75) is 142 Å². The standard InChI is InChI=1S/C24H56N2OSi3/c1-9-11-13-15-17-19-21-25-24(3)23-30(8,29(6,7)28(4,5)27-24)26-22-20-18-16-14-12-10-2/h25-26H,9-23H2,1-8H3. The molecule has 0 aliphatic carbocycles. The highest BCUT2D eigenvalue weighted by Gasteiger charge is 2.63. The van der Waals surface area contributed by atoms with Gasteiger partial charge in [0.15, 0.2) is 7.83 Å². The second-order valence-corrected chi connectivity index (χ2v) is 37.1. The van der Waals surface area contributed by atoms with Crippen LogP contribution in [-0.4, -0.2) is 41.5 Å². The van der Waals surface area contributed by atoms with E-state index in [1.165, 1.54) is 89.6 Å². The summed E-state index contributed by atoms with van der Waals surface area (Å²) >= 11 is 0. The van der Waals surface area contributed by atoms with Crippen LogP contribution in [-0.2, 0) is 4.43 Å². The van der Waals surface area contributed by atoms with Crippen molar-refractivity contribution >= 4 is 22.7 Å². The Hall–Kier alpha value is 0.531. The molecule has 1 heterocycles. The van der Waals surface area contributed by atoms with Crippen LogP contribution in [0, 0.1) is 0 Å². The van der Waals surface area contributed by atoms with Crippen LogP contribution in [0.1, 0.15) is 97.8 Å². The SMILES string of the molecule is CCCCCCCCNC1(C)C[Si](C)(NCCCCCCCC)[Si](C)(C)[Si](C)(C)O1. The molecule has 1 fully saturated rings. The first-order valence-corrected chi connectivity index (χ1v) is 23.9. The minimum atomic E-state index is -1.69. The van der Waals surface area contributed by atoms with E-state index in [1.54, 1.807) is 0 Å². The van der Waals surface area contributed by atoms with Crippen molar-refractivity contribution < 1.29 is 4.43 Å². The van der Waals surface area contributed by atoms with Crippen LogP contribution >= 0.6 is 0 Å². The van der Waals surface area contributed by atoms with Gasteiger partial charge in [-0.25, -0.2) is 0 Å². The summed E-state index contributed by atoms with van der Waals surface area (Å²) in [4.78, 5) is 4.23. The molecule has 1 aliphatic heterocycles. The molecule has 30 heavy (non-hydrogen) atoms. The van der Waals surface area contributed by atoms with E-state index in [4.69, 9.17) is 4.43 Å². The highest BCUT2D eigenvalue weighted by molar-refractivity contribution is 7.67. The predicted molar refractivity (Wildman–Crippen MR) is 144 cm³/mol. The van der Waals surface area contributed by atoms with Gasteiger partial charge in [-0.15, -0.1) is 0 Å². The molecule has 180 valence electrons. The summed E-state index contributed by atoms with van der Waals surface area (Å²) in [5.74, 6) is 0. The summed E-state index contributed by atoms with van der Waals surface area (Å²) in [6.45, 7) is 22.3. The highest BCUT2D eigenvalue weighted by Crippen LogP contribution is 2.41. The summed E-state index contributed by atoms with van der Waals surface area (Å²) in [5, 5.41) is 3.89. The van der Waals surface area contributed by atoms with E-state index in [0.29, 0.717) is 0 Å². The van der Waals surface area contributed by atoms with E-state index < -0.39 is 22.7 Å². The molecule has 0 saturated carbocycles. The minimum absolute atomic E-state index is 0.114. The number of nitrogens with one attached hydrogen (secondary N) is 2.